The Morgan fingerprint density at radius 2 is 2.15 bits per heavy atom. The third-order valence-corrected chi connectivity index (χ3v) is 2.67. The van der Waals surface area contributed by atoms with E-state index in [0.717, 1.165) is 12.1 Å². The molecule has 0 saturated heterocycles. The Labute approximate surface area is 116 Å². The highest BCUT2D eigenvalue weighted by Crippen LogP contribution is 2.30. The second-order valence-corrected chi connectivity index (χ2v) is 4.42. The molecule has 7 heteroatoms. The van der Waals surface area contributed by atoms with Crippen molar-refractivity contribution >= 4 is 17.3 Å². The number of hydrogen-bond acceptors (Lipinski definition) is 5. The van der Waals surface area contributed by atoms with Crippen LogP contribution in [0.1, 0.15) is 20.8 Å². The quantitative estimate of drug-likeness (QED) is 0.456. The van der Waals surface area contributed by atoms with Crippen LogP contribution >= 0.6 is 0 Å². The molecule has 20 heavy (non-hydrogen) atoms. The van der Waals surface area contributed by atoms with E-state index in [4.69, 9.17) is 4.74 Å². The maximum absolute atomic E-state index is 13.1. The van der Waals surface area contributed by atoms with E-state index in [0.29, 0.717) is 0 Å². The lowest BCUT2D eigenvalue weighted by Crippen LogP contribution is -2.37. The molecular weight excluding hydrogens is 267 g/mol. The van der Waals surface area contributed by atoms with Crippen LogP contribution in [0.2, 0.25) is 0 Å². The lowest BCUT2D eigenvalue weighted by atomic mass is 10.2. The molecule has 0 radical (unpaired) electrons. The van der Waals surface area contributed by atoms with Crippen molar-refractivity contribution in [2.24, 2.45) is 0 Å². The van der Waals surface area contributed by atoms with Gasteiger partial charge in [-0.05, 0) is 32.9 Å². The molecule has 0 fully saturated rings. The predicted molar refractivity (Wildman–Crippen MR) is 72.2 cm³/mol. The number of anilines is 1. The first-order chi connectivity index (χ1) is 9.36. The van der Waals surface area contributed by atoms with Gasteiger partial charge < -0.3 is 9.64 Å². The summed E-state index contributed by atoms with van der Waals surface area (Å²) in [4.78, 5) is 23.4. The second-order valence-electron chi connectivity index (χ2n) is 4.42. The fourth-order valence-corrected chi connectivity index (χ4v) is 1.78. The molecule has 0 aliphatic heterocycles. The molecule has 6 nitrogen and oxygen atoms in total. The number of ether oxygens (including phenoxy) is 1. The minimum Gasteiger partial charge on any atom is -0.465 e. The van der Waals surface area contributed by atoms with Crippen molar-refractivity contribution in [1.29, 1.82) is 0 Å². The van der Waals surface area contributed by atoms with Crippen LogP contribution in [0.4, 0.5) is 15.8 Å². The molecular formula is C13H17FN2O4. The third-order valence-electron chi connectivity index (χ3n) is 2.67. The van der Waals surface area contributed by atoms with Gasteiger partial charge >= 0.3 is 5.97 Å². The zero-order valence-corrected chi connectivity index (χ0v) is 11.6. The number of hydrogen-bond donors (Lipinski definition) is 0. The Bertz CT molecular complexity index is 505. The number of carbonyl (C=O) groups is 1. The molecule has 0 amide bonds. The molecule has 0 saturated carbocycles. The number of benzene rings is 1. The molecule has 1 aromatic carbocycles. The summed E-state index contributed by atoms with van der Waals surface area (Å²) in [6, 6.07) is 3.09. The van der Waals surface area contributed by atoms with E-state index in [1.807, 2.05) is 0 Å². The van der Waals surface area contributed by atoms with E-state index in [2.05, 4.69) is 0 Å². The zero-order chi connectivity index (χ0) is 15.3. The van der Waals surface area contributed by atoms with Crippen molar-refractivity contribution in [2.75, 3.05) is 18.1 Å². The summed E-state index contributed by atoms with van der Waals surface area (Å²) in [6.45, 7) is 5.35. The van der Waals surface area contributed by atoms with Gasteiger partial charge in [-0.15, -0.1) is 0 Å². The molecule has 0 unspecified atom stereocenters. The summed E-state index contributed by atoms with van der Waals surface area (Å²) in [5.74, 6) is -1.18. The molecule has 0 spiro atoms. The average molecular weight is 284 g/mol. The highest BCUT2D eigenvalue weighted by atomic mass is 19.1. The van der Waals surface area contributed by atoms with E-state index in [1.54, 1.807) is 20.8 Å². The van der Waals surface area contributed by atoms with Gasteiger partial charge in [0.15, 0.2) is 0 Å². The van der Waals surface area contributed by atoms with Crippen molar-refractivity contribution in [2.45, 2.75) is 26.8 Å². The number of nitro benzene ring substituents is 1. The number of rotatable bonds is 6. The van der Waals surface area contributed by atoms with Crippen LogP contribution in [0.5, 0.6) is 0 Å². The maximum Gasteiger partial charge on any atom is 0.325 e. The summed E-state index contributed by atoms with van der Waals surface area (Å²) in [6.07, 6.45) is 0. The Morgan fingerprint density at radius 1 is 1.50 bits per heavy atom. The maximum atomic E-state index is 13.1. The van der Waals surface area contributed by atoms with Crippen molar-refractivity contribution in [1.82, 2.24) is 0 Å². The van der Waals surface area contributed by atoms with E-state index < -0.39 is 16.7 Å². The first-order valence-electron chi connectivity index (χ1n) is 6.23. The Kier molecular flexibility index (Phi) is 5.42. The molecule has 0 aliphatic rings. The highest BCUT2D eigenvalue weighted by molar-refractivity contribution is 5.78. The number of nitro groups is 1. The van der Waals surface area contributed by atoms with Gasteiger partial charge in [0.05, 0.1) is 17.6 Å². The first kappa shape index (κ1) is 15.9. The summed E-state index contributed by atoms with van der Waals surface area (Å²) in [7, 11) is 0. The first-order valence-corrected chi connectivity index (χ1v) is 6.23. The van der Waals surface area contributed by atoms with Crippen LogP contribution in [0, 0.1) is 15.9 Å². The van der Waals surface area contributed by atoms with Gasteiger partial charge in [0.1, 0.15) is 18.0 Å². The summed E-state index contributed by atoms with van der Waals surface area (Å²) in [5, 5.41) is 11.0. The van der Waals surface area contributed by atoms with Crippen molar-refractivity contribution < 1.29 is 18.8 Å². The van der Waals surface area contributed by atoms with Gasteiger partial charge in [0.25, 0.3) is 5.69 Å². The molecule has 110 valence electrons. The second kappa shape index (κ2) is 6.83. The van der Waals surface area contributed by atoms with Crippen LogP contribution in [0.25, 0.3) is 0 Å². The monoisotopic (exact) mass is 284 g/mol. The van der Waals surface area contributed by atoms with Gasteiger partial charge in [0, 0.05) is 6.04 Å². The smallest absolute Gasteiger partial charge is 0.325 e. The van der Waals surface area contributed by atoms with Crippen LogP contribution in [0.3, 0.4) is 0 Å². The van der Waals surface area contributed by atoms with Crippen LogP contribution in [-0.4, -0.2) is 30.1 Å². The molecule has 0 atom stereocenters. The van der Waals surface area contributed by atoms with Gasteiger partial charge in [-0.25, -0.2) is 4.39 Å². The van der Waals surface area contributed by atoms with Crippen molar-refractivity contribution in [3.63, 3.8) is 0 Å². The fraction of sp³-hybridized carbons (Fsp3) is 0.462. The molecule has 1 rings (SSSR count). The Hall–Kier alpha value is -2.18. The van der Waals surface area contributed by atoms with Gasteiger partial charge in [-0.1, -0.05) is 0 Å². The third kappa shape index (κ3) is 3.91. The van der Waals surface area contributed by atoms with E-state index in [9.17, 15) is 19.3 Å². The van der Waals surface area contributed by atoms with Crippen molar-refractivity contribution in [3.8, 4) is 0 Å². The Balaban J connectivity index is 3.15. The van der Waals surface area contributed by atoms with E-state index in [1.165, 1.54) is 11.0 Å². The van der Waals surface area contributed by atoms with Gasteiger partial charge in [0.2, 0.25) is 0 Å². The molecule has 0 heterocycles. The minimum atomic E-state index is -0.694. The average Bonchev–Trinajstić information content (AvgIpc) is 2.36. The van der Waals surface area contributed by atoms with Gasteiger partial charge in [-0.2, -0.15) is 0 Å². The fourth-order valence-electron chi connectivity index (χ4n) is 1.78. The van der Waals surface area contributed by atoms with Crippen molar-refractivity contribution in [3.05, 3.63) is 34.1 Å². The minimum absolute atomic E-state index is 0.127. The lowest BCUT2D eigenvalue weighted by molar-refractivity contribution is -0.384. The normalized spacial score (nSPS) is 10.4. The van der Waals surface area contributed by atoms with Gasteiger partial charge in [-0.3, -0.25) is 14.9 Å². The van der Waals surface area contributed by atoms with Crippen LogP contribution < -0.4 is 4.90 Å². The molecule has 1 aromatic rings. The van der Waals surface area contributed by atoms with E-state index >= 15 is 0 Å². The lowest BCUT2D eigenvalue weighted by Gasteiger charge is -2.27. The Morgan fingerprint density at radius 3 is 2.65 bits per heavy atom. The number of carbonyl (C=O) groups excluding carboxylic acids is 1. The molecule has 0 aliphatic carbocycles. The largest absolute Gasteiger partial charge is 0.465 e. The predicted octanol–water partition coefficient (Wildman–Crippen LogP) is 2.51. The molecule has 0 bridgehead atoms. The van der Waals surface area contributed by atoms with Crippen LogP contribution in [-0.2, 0) is 9.53 Å². The summed E-state index contributed by atoms with van der Waals surface area (Å²) in [5.41, 5.74) is -0.178. The molecule has 0 aromatic heterocycles. The highest BCUT2D eigenvalue weighted by Gasteiger charge is 2.24. The number of halogens is 1. The molecule has 0 N–H and O–H groups in total. The zero-order valence-electron chi connectivity index (χ0n) is 11.6. The summed E-state index contributed by atoms with van der Waals surface area (Å²) < 4.78 is 18.0. The SMILES string of the molecule is CCOC(=O)CN(c1ccc(F)cc1[N+](=O)[O-])C(C)C. The van der Waals surface area contributed by atoms with E-state index in [-0.39, 0.29) is 30.6 Å². The topological polar surface area (TPSA) is 72.7 Å². The summed E-state index contributed by atoms with van der Waals surface area (Å²) >= 11 is 0. The number of nitrogens with zero attached hydrogens (tertiary/aromatic N) is 2. The standard InChI is InChI=1S/C13H17FN2O4/c1-4-20-13(17)8-15(9(2)3)11-6-5-10(14)7-12(11)16(18)19/h5-7,9H,4,8H2,1-3H3. The number of esters is 1. The van der Waals surface area contributed by atoms with Crippen LogP contribution in [0.15, 0.2) is 18.2 Å².